The zero-order valence-electron chi connectivity index (χ0n) is 8.58. The SMILES string of the molecule is CCn1c(CS(C)(=O)=O)nnc1S(=O)(=O)Cl. The van der Waals surface area contributed by atoms with E-state index in [9.17, 15) is 16.8 Å². The number of aromatic nitrogens is 3. The van der Waals surface area contributed by atoms with E-state index in [4.69, 9.17) is 10.7 Å². The van der Waals surface area contributed by atoms with Crippen LogP contribution in [-0.2, 0) is 31.2 Å². The Morgan fingerprint density at radius 1 is 1.25 bits per heavy atom. The molecule has 1 heterocycles. The lowest BCUT2D eigenvalue weighted by Gasteiger charge is -2.03. The van der Waals surface area contributed by atoms with Crippen LogP contribution in [0.3, 0.4) is 0 Å². The third-order valence-electron chi connectivity index (χ3n) is 1.72. The fraction of sp³-hybridized carbons (Fsp3) is 0.667. The van der Waals surface area contributed by atoms with Crippen molar-refractivity contribution >= 4 is 29.6 Å². The molecule has 0 saturated heterocycles. The van der Waals surface area contributed by atoms with Crippen LogP contribution < -0.4 is 0 Å². The Hall–Kier alpha value is -0.670. The standard InChI is InChI=1S/C6H10ClN3O4S2/c1-3-10-5(4-15(2,11)12)8-9-6(10)16(7,13)14/h3-4H2,1-2H3. The summed E-state index contributed by atoms with van der Waals surface area (Å²) in [5.41, 5.74) is 0. The average Bonchev–Trinajstić information content (AvgIpc) is 2.43. The van der Waals surface area contributed by atoms with Gasteiger partial charge >= 0.3 is 0 Å². The normalized spacial score (nSPS) is 12.9. The predicted octanol–water partition coefficient (Wildman–Crippen LogP) is -0.230. The molecule has 1 aromatic heterocycles. The topological polar surface area (TPSA) is 99.0 Å². The maximum Gasteiger partial charge on any atom is 0.296 e. The van der Waals surface area contributed by atoms with E-state index >= 15 is 0 Å². The molecule has 0 unspecified atom stereocenters. The maximum absolute atomic E-state index is 11.1. The highest BCUT2D eigenvalue weighted by atomic mass is 35.7. The Labute approximate surface area is 97.8 Å². The van der Waals surface area contributed by atoms with Gasteiger partial charge in [0.15, 0.2) is 9.84 Å². The van der Waals surface area contributed by atoms with Crippen LogP contribution in [0.2, 0.25) is 0 Å². The summed E-state index contributed by atoms with van der Waals surface area (Å²) in [6, 6.07) is 0. The van der Waals surface area contributed by atoms with Crippen LogP contribution >= 0.6 is 10.7 Å². The lowest BCUT2D eigenvalue weighted by molar-refractivity contribution is 0.573. The van der Waals surface area contributed by atoms with Crippen LogP contribution in [0.5, 0.6) is 0 Å². The molecule has 0 bridgehead atoms. The van der Waals surface area contributed by atoms with Crippen molar-refractivity contribution in [2.75, 3.05) is 6.26 Å². The zero-order chi connectivity index (χ0) is 12.6. The summed E-state index contributed by atoms with van der Waals surface area (Å²) in [7, 11) is -2.19. The van der Waals surface area contributed by atoms with Gasteiger partial charge in [0.2, 0.25) is 0 Å². The maximum atomic E-state index is 11.1. The van der Waals surface area contributed by atoms with Crippen LogP contribution in [0.4, 0.5) is 0 Å². The lowest BCUT2D eigenvalue weighted by atomic mass is 10.6. The lowest BCUT2D eigenvalue weighted by Crippen LogP contribution is -2.11. The largest absolute Gasteiger partial charge is 0.300 e. The third kappa shape index (κ3) is 3.16. The third-order valence-corrected chi connectivity index (χ3v) is 3.65. The van der Waals surface area contributed by atoms with Crippen molar-refractivity contribution in [1.29, 1.82) is 0 Å². The first-order valence-corrected chi connectivity index (χ1v) is 8.56. The molecule has 0 saturated carbocycles. The molecular formula is C6H10ClN3O4S2. The molecule has 0 atom stereocenters. The molecule has 0 spiro atoms. The van der Waals surface area contributed by atoms with Crippen molar-refractivity contribution in [3.63, 3.8) is 0 Å². The van der Waals surface area contributed by atoms with Gasteiger partial charge in [-0.15, -0.1) is 10.2 Å². The minimum absolute atomic E-state index is 0.0595. The molecule has 0 amide bonds. The summed E-state index contributed by atoms with van der Waals surface area (Å²) in [5.74, 6) is -0.315. The fourth-order valence-electron chi connectivity index (χ4n) is 1.16. The molecule has 0 radical (unpaired) electrons. The monoisotopic (exact) mass is 287 g/mol. The summed E-state index contributed by atoms with van der Waals surface area (Å²) in [6.07, 6.45) is 1.02. The van der Waals surface area contributed by atoms with Crippen LogP contribution in [0.15, 0.2) is 5.16 Å². The van der Waals surface area contributed by atoms with E-state index in [2.05, 4.69) is 10.2 Å². The van der Waals surface area contributed by atoms with Crippen molar-refractivity contribution in [3.05, 3.63) is 5.82 Å². The number of hydrogen-bond donors (Lipinski definition) is 0. The van der Waals surface area contributed by atoms with Gasteiger partial charge in [0, 0.05) is 23.5 Å². The molecular weight excluding hydrogens is 278 g/mol. The van der Waals surface area contributed by atoms with E-state index in [0.29, 0.717) is 0 Å². The number of nitrogens with zero attached hydrogens (tertiary/aromatic N) is 3. The van der Waals surface area contributed by atoms with E-state index in [1.807, 2.05) is 0 Å². The number of sulfone groups is 1. The number of hydrogen-bond acceptors (Lipinski definition) is 6. The number of rotatable bonds is 4. The van der Waals surface area contributed by atoms with E-state index in [0.717, 1.165) is 10.8 Å². The second-order valence-electron chi connectivity index (χ2n) is 3.15. The molecule has 0 aliphatic carbocycles. The Bertz CT molecular complexity index is 589. The van der Waals surface area contributed by atoms with Gasteiger partial charge in [-0.1, -0.05) is 0 Å². The van der Waals surface area contributed by atoms with E-state index in [-0.39, 0.29) is 18.1 Å². The summed E-state index contributed by atoms with van der Waals surface area (Å²) in [6.45, 7) is 1.86. The van der Waals surface area contributed by atoms with Crippen LogP contribution in [0, 0.1) is 0 Å². The van der Waals surface area contributed by atoms with Gasteiger partial charge < -0.3 is 4.57 Å². The molecule has 92 valence electrons. The van der Waals surface area contributed by atoms with Gasteiger partial charge in [-0.3, -0.25) is 0 Å². The molecule has 1 rings (SSSR count). The molecule has 1 aromatic rings. The summed E-state index contributed by atoms with van der Waals surface area (Å²) >= 11 is 0. The molecule has 0 aromatic carbocycles. The van der Waals surface area contributed by atoms with Crippen molar-refractivity contribution in [2.24, 2.45) is 0 Å². The average molecular weight is 288 g/mol. The zero-order valence-corrected chi connectivity index (χ0v) is 11.0. The highest BCUT2D eigenvalue weighted by Crippen LogP contribution is 2.15. The molecule has 0 N–H and O–H groups in total. The summed E-state index contributed by atoms with van der Waals surface area (Å²) < 4.78 is 45.5. The fourth-order valence-corrected chi connectivity index (χ4v) is 2.82. The molecule has 7 nitrogen and oxygen atoms in total. The van der Waals surface area contributed by atoms with E-state index < -0.39 is 24.0 Å². The van der Waals surface area contributed by atoms with Crippen molar-refractivity contribution < 1.29 is 16.8 Å². The Kier molecular flexibility index (Phi) is 3.60. The summed E-state index contributed by atoms with van der Waals surface area (Å²) in [4.78, 5) is 0. The van der Waals surface area contributed by atoms with Crippen LogP contribution in [0.25, 0.3) is 0 Å². The Morgan fingerprint density at radius 3 is 2.19 bits per heavy atom. The molecule has 10 heteroatoms. The minimum Gasteiger partial charge on any atom is -0.300 e. The van der Waals surface area contributed by atoms with Gasteiger partial charge in [-0.25, -0.2) is 16.8 Å². The quantitative estimate of drug-likeness (QED) is 0.709. The van der Waals surface area contributed by atoms with Crippen LogP contribution in [0.1, 0.15) is 12.7 Å². The Morgan fingerprint density at radius 2 is 1.81 bits per heavy atom. The van der Waals surface area contributed by atoms with Gasteiger partial charge in [-0.05, 0) is 6.92 Å². The second-order valence-corrected chi connectivity index (χ2v) is 7.75. The molecule has 0 aliphatic rings. The van der Waals surface area contributed by atoms with Gasteiger partial charge in [0.25, 0.3) is 14.2 Å². The van der Waals surface area contributed by atoms with E-state index in [1.165, 1.54) is 0 Å². The van der Waals surface area contributed by atoms with Gasteiger partial charge in [-0.2, -0.15) is 0 Å². The van der Waals surface area contributed by atoms with Crippen LogP contribution in [-0.4, -0.2) is 37.9 Å². The Balaban J connectivity index is 3.31. The highest BCUT2D eigenvalue weighted by Gasteiger charge is 2.23. The minimum atomic E-state index is -4.01. The first kappa shape index (κ1) is 13.4. The second kappa shape index (κ2) is 4.30. The highest BCUT2D eigenvalue weighted by molar-refractivity contribution is 8.13. The summed E-state index contributed by atoms with van der Waals surface area (Å²) in [5, 5.41) is 6.45. The molecule has 16 heavy (non-hydrogen) atoms. The van der Waals surface area contributed by atoms with Crippen molar-refractivity contribution in [3.8, 4) is 0 Å². The predicted molar refractivity (Wildman–Crippen MR) is 57.3 cm³/mol. The first-order chi connectivity index (χ1) is 7.15. The molecule has 0 aliphatic heterocycles. The van der Waals surface area contributed by atoms with Crippen molar-refractivity contribution in [1.82, 2.24) is 14.8 Å². The molecule has 0 fully saturated rings. The van der Waals surface area contributed by atoms with E-state index in [1.54, 1.807) is 6.92 Å². The van der Waals surface area contributed by atoms with Crippen molar-refractivity contribution in [2.45, 2.75) is 24.4 Å². The number of halogens is 1. The van der Waals surface area contributed by atoms with Gasteiger partial charge in [0.1, 0.15) is 11.6 Å². The smallest absolute Gasteiger partial charge is 0.296 e. The first-order valence-electron chi connectivity index (χ1n) is 4.19. The van der Waals surface area contributed by atoms with Gasteiger partial charge in [0.05, 0.1) is 0 Å².